The predicted molar refractivity (Wildman–Crippen MR) is 95.4 cm³/mol. The van der Waals surface area contributed by atoms with Crippen molar-refractivity contribution in [3.05, 3.63) is 75.6 Å². The second kappa shape index (κ2) is 5.59. The Morgan fingerprint density at radius 2 is 1.84 bits per heavy atom. The number of ketones is 1. The Bertz CT molecular complexity index is 1030. The van der Waals surface area contributed by atoms with E-state index in [4.69, 9.17) is 9.15 Å². The molecule has 1 aliphatic rings. The minimum Gasteiger partial charge on any atom is -0.487 e. The van der Waals surface area contributed by atoms with E-state index in [1.54, 1.807) is 36.4 Å². The molecule has 2 heterocycles. The van der Waals surface area contributed by atoms with Crippen LogP contribution in [0.4, 0.5) is 0 Å². The third kappa shape index (κ3) is 2.84. The quantitative estimate of drug-likeness (QED) is 0.522. The van der Waals surface area contributed by atoms with Gasteiger partial charge >= 0.3 is 5.63 Å². The minimum absolute atomic E-state index is 0.0516. The molecule has 126 valence electrons. The van der Waals surface area contributed by atoms with Crippen LogP contribution in [0, 0.1) is 0 Å². The van der Waals surface area contributed by atoms with E-state index in [0.717, 1.165) is 29.5 Å². The Balaban J connectivity index is 1.83. The van der Waals surface area contributed by atoms with E-state index >= 15 is 0 Å². The number of hydrogen-bond acceptors (Lipinski definition) is 4. The van der Waals surface area contributed by atoms with Gasteiger partial charge in [-0.05, 0) is 44.4 Å². The lowest BCUT2D eigenvalue weighted by Gasteiger charge is -2.32. The summed E-state index contributed by atoms with van der Waals surface area (Å²) < 4.78 is 11.4. The molecule has 0 saturated carbocycles. The summed E-state index contributed by atoms with van der Waals surface area (Å²) >= 11 is 0. The molecule has 1 aliphatic heterocycles. The van der Waals surface area contributed by atoms with Crippen molar-refractivity contribution in [1.82, 2.24) is 0 Å². The normalized spacial score (nSPS) is 15.4. The highest BCUT2D eigenvalue weighted by Crippen LogP contribution is 2.35. The molecule has 25 heavy (non-hydrogen) atoms. The molecule has 0 saturated heterocycles. The van der Waals surface area contributed by atoms with Gasteiger partial charge in [0, 0.05) is 17.0 Å². The Kier molecular flexibility index (Phi) is 3.49. The molecule has 1 aromatic heterocycles. The smallest absolute Gasteiger partial charge is 0.347 e. The molecule has 4 heteroatoms. The van der Waals surface area contributed by atoms with Crippen molar-refractivity contribution in [2.45, 2.75) is 32.3 Å². The average molecular weight is 334 g/mol. The lowest BCUT2D eigenvalue weighted by molar-refractivity contribution is 0.0848. The molecular formula is C21H18O4. The number of aryl methyl sites for hydroxylation is 1. The summed E-state index contributed by atoms with van der Waals surface area (Å²) in [5.41, 5.74) is 1.17. The molecule has 4 nitrogen and oxygen atoms in total. The van der Waals surface area contributed by atoms with Gasteiger partial charge in [0.2, 0.25) is 0 Å². The van der Waals surface area contributed by atoms with Gasteiger partial charge in [-0.1, -0.05) is 30.3 Å². The molecule has 0 atom stereocenters. The fraction of sp³-hybridized carbons (Fsp3) is 0.238. The second-order valence-corrected chi connectivity index (χ2v) is 7.00. The zero-order valence-corrected chi connectivity index (χ0v) is 14.2. The van der Waals surface area contributed by atoms with Gasteiger partial charge in [0.25, 0.3) is 0 Å². The molecule has 0 radical (unpaired) electrons. The van der Waals surface area contributed by atoms with Crippen molar-refractivity contribution in [2.24, 2.45) is 0 Å². The van der Waals surface area contributed by atoms with Crippen molar-refractivity contribution in [2.75, 3.05) is 0 Å². The standard InChI is InChI=1S/C21H18O4/c1-21(2)9-8-14-10-15-11-16(19(22)13-6-4-3-5-7-13)20(23)24-17(15)12-18(14)25-21/h3-7,10-12H,8-9H2,1-2H3. The summed E-state index contributed by atoms with van der Waals surface area (Å²) in [4.78, 5) is 24.9. The van der Waals surface area contributed by atoms with Crippen LogP contribution >= 0.6 is 0 Å². The van der Waals surface area contributed by atoms with Gasteiger partial charge < -0.3 is 9.15 Å². The fourth-order valence-corrected chi connectivity index (χ4v) is 3.17. The van der Waals surface area contributed by atoms with E-state index in [1.807, 2.05) is 26.0 Å². The van der Waals surface area contributed by atoms with E-state index in [2.05, 4.69) is 0 Å². The average Bonchev–Trinajstić information content (AvgIpc) is 2.59. The van der Waals surface area contributed by atoms with Crippen molar-refractivity contribution >= 4 is 16.8 Å². The Hall–Kier alpha value is -2.88. The van der Waals surface area contributed by atoms with Crippen LogP contribution in [0.2, 0.25) is 0 Å². The maximum atomic E-state index is 12.6. The van der Waals surface area contributed by atoms with Gasteiger partial charge in [-0.15, -0.1) is 0 Å². The van der Waals surface area contributed by atoms with E-state index in [-0.39, 0.29) is 16.9 Å². The molecule has 2 aromatic carbocycles. The van der Waals surface area contributed by atoms with Crippen molar-refractivity contribution in [3.8, 4) is 5.75 Å². The Labute approximate surface area is 145 Å². The van der Waals surface area contributed by atoms with Crippen molar-refractivity contribution < 1.29 is 13.9 Å². The first-order valence-corrected chi connectivity index (χ1v) is 8.32. The van der Waals surface area contributed by atoms with Crippen LogP contribution in [0.3, 0.4) is 0 Å². The van der Waals surface area contributed by atoms with Crippen LogP contribution in [-0.4, -0.2) is 11.4 Å². The molecule has 0 fully saturated rings. The molecular weight excluding hydrogens is 316 g/mol. The molecule has 0 N–H and O–H groups in total. The van der Waals surface area contributed by atoms with Crippen molar-refractivity contribution in [3.63, 3.8) is 0 Å². The monoisotopic (exact) mass is 334 g/mol. The fourth-order valence-electron chi connectivity index (χ4n) is 3.17. The van der Waals surface area contributed by atoms with Crippen LogP contribution in [0.25, 0.3) is 11.0 Å². The molecule has 0 unspecified atom stereocenters. The van der Waals surface area contributed by atoms with Crippen LogP contribution in [0.1, 0.15) is 41.8 Å². The van der Waals surface area contributed by atoms with E-state index in [1.165, 1.54) is 0 Å². The first-order valence-electron chi connectivity index (χ1n) is 8.32. The van der Waals surface area contributed by atoms with Crippen LogP contribution in [0.5, 0.6) is 5.75 Å². The Morgan fingerprint density at radius 3 is 2.60 bits per heavy atom. The Morgan fingerprint density at radius 1 is 1.08 bits per heavy atom. The van der Waals surface area contributed by atoms with Crippen molar-refractivity contribution in [1.29, 1.82) is 0 Å². The first-order chi connectivity index (χ1) is 11.9. The van der Waals surface area contributed by atoms with Gasteiger partial charge in [0.1, 0.15) is 22.5 Å². The third-order valence-electron chi connectivity index (χ3n) is 4.58. The summed E-state index contributed by atoms with van der Waals surface area (Å²) in [6, 6.07) is 14.1. The topological polar surface area (TPSA) is 56.5 Å². The number of ether oxygens (including phenoxy) is 1. The highest BCUT2D eigenvalue weighted by atomic mass is 16.5. The van der Waals surface area contributed by atoms with E-state index in [0.29, 0.717) is 11.1 Å². The number of rotatable bonds is 2. The number of carbonyl (C=O) groups is 1. The second-order valence-electron chi connectivity index (χ2n) is 7.00. The van der Waals surface area contributed by atoms with Crippen LogP contribution in [-0.2, 0) is 6.42 Å². The maximum Gasteiger partial charge on any atom is 0.347 e. The molecule has 3 aromatic rings. The first kappa shape index (κ1) is 15.6. The van der Waals surface area contributed by atoms with Gasteiger partial charge in [0.05, 0.1) is 0 Å². The number of carbonyl (C=O) groups excluding carboxylic acids is 1. The summed E-state index contributed by atoms with van der Waals surface area (Å²) in [5.74, 6) is 0.417. The third-order valence-corrected chi connectivity index (χ3v) is 4.58. The van der Waals surface area contributed by atoms with Gasteiger partial charge in [-0.25, -0.2) is 4.79 Å². The summed E-state index contributed by atoms with van der Waals surface area (Å²) in [6.45, 7) is 4.08. The molecule has 0 aliphatic carbocycles. The van der Waals surface area contributed by atoms with Gasteiger partial charge in [-0.3, -0.25) is 4.79 Å². The zero-order valence-electron chi connectivity index (χ0n) is 14.2. The summed E-state index contributed by atoms with van der Waals surface area (Å²) in [7, 11) is 0. The summed E-state index contributed by atoms with van der Waals surface area (Å²) in [6.07, 6.45) is 1.80. The lowest BCUT2D eigenvalue weighted by Crippen LogP contribution is -2.32. The van der Waals surface area contributed by atoms with Gasteiger partial charge in [0.15, 0.2) is 5.78 Å². The number of fused-ring (bicyclic) bond motifs is 2. The number of benzene rings is 2. The number of hydrogen-bond donors (Lipinski definition) is 0. The molecule has 0 amide bonds. The molecule has 0 bridgehead atoms. The maximum absolute atomic E-state index is 12.6. The van der Waals surface area contributed by atoms with Crippen LogP contribution < -0.4 is 10.4 Å². The molecule has 0 spiro atoms. The van der Waals surface area contributed by atoms with E-state index in [9.17, 15) is 9.59 Å². The zero-order chi connectivity index (χ0) is 17.6. The minimum atomic E-state index is -0.628. The summed E-state index contributed by atoms with van der Waals surface area (Å²) in [5, 5.41) is 0.737. The van der Waals surface area contributed by atoms with Gasteiger partial charge in [-0.2, -0.15) is 0 Å². The highest BCUT2D eigenvalue weighted by molar-refractivity contribution is 6.09. The SMILES string of the molecule is CC1(C)CCc2cc3cc(C(=O)c4ccccc4)c(=O)oc3cc2O1. The highest BCUT2D eigenvalue weighted by Gasteiger charge is 2.27. The predicted octanol–water partition coefficient (Wildman–Crippen LogP) is 4.13. The lowest BCUT2D eigenvalue weighted by atomic mass is 9.93. The van der Waals surface area contributed by atoms with E-state index < -0.39 is 5.63 Å². The molecule has 4 rings (SSSR count). The van der Waals surface area contributed by atoms with Crippen LogP contribution in [0.15, 0.2) is 57.7 Å². The largest absolute Gasteiger partial charge is 0.487 e.